The summed E-state index contributed by atoms with van der Waals surface area (Å²) in [6.07, 6.45) is 3.78. The van der Waals surface area contributed by atoms with Gasteiger partial charge in [0.1, 0.15) is 0 Å². The van der Waals surface area contributed by atoms with Gasteiger partial charge in [-0.05, 0) is 44.1 Å². The number of carbonyl (C=O) groups is 1. The minimum absolute atomic E-state index is 0.107. The minimum Gasteiger partial charge on any atom is -0.342 e. The van der Waals surface area contributed by atoms with E-state index < -0.39 is 0 Å². The lowest BCUT2D eigenvalue weighted by Gasteiger charge is -2.27. The summed E-state index contributed by atoms with van der Waals surface area (Å²) in [6, 6.07) is 8.40. The summed E-state index contributed by atoms with van der Waals surface area (Å²) < 4.78 is 1.78. The molecule has 0 saturated carbocycles. The predicted octanol–water partition coefficient (Wildman–Crippen LogP) is 4.26. The average molecular weight is 406 g/mol. The van der Waals surface area contributed by atoms with Gasteiger partial charge in [0, 0.05) is 35.6 Å². The summed E-state index contributed by atoms with van der Waals surface area (Å²) >= 11 is 0. The second-order valence-corrected chi connectivity index (χ2v) is 9.35. The average Bonchev–Trinajstić information content (AvgIpc) is 3.15. The van der Waals surface area contributed by atoms with Crippen molar-refractivity contribution in [2.45, 2.75) is 65.7 Å². The Balaban J connectivity index is 1.65. The normalized spacial score (nSPS) is 15.0. The molecule has 0 radical (unpaired) electrons. The van der Waals surface area contributed by atoms with Crippen molar-refractivity contribution in [3.8, 4) is 11.4 Å². The molecule has 0 unspecified atom stereocenters. The van der Waals surface area contributed by atoms with Gasteiger partial charge in [-0.15, -0.1) is 5.10 Å². The number of piperidine rings is 1. The number of likely N-dealkylation sites (tertiary alicyclic amines) is 1. The van der Waals surface area contributed by atoms with Crippen LogP contribution in [-0.4, -0.2) is 43.5 Å². The molecule has 0 atom stereocenters. The summed E-state index contributed by atoms with van der Waals surface area (Å²) in [5, 5.41) is 4.71. The van der Waals surface area contributed by atoms with Crippen molar-refractivity contribution in [3.05, 3.63) is 46.8 Å². The molecule has 0 spiro atoms. The lowest BCUT2D eigenvalue weighted by atomic mass is 9.87. The molecule has 158 valence electrons. The topological polar surface area (TPSA) is 63.4 Å². The van der Waals surface area contributed by atoms with E-state index in [1.54, 1.807) is 4.52 Å². The molecule has 0 aliphatic carbocycles. The molecule has 6 nitrogen and oxygen atoms in total. The predicted molar refractivity (Wildman–Crippen MR) is 119 cm³/mol. The molecule has 4 rings (SSSR count). The largest absolute Gasteiger partial charge is 0.342 e. The first-order valence-corrected chi connectivity index (χ1v) is 10.9. The Morgan fingerprint density at radius 2 is 1.67 bits per heavy atom. The molecule has 1 amide bonds. The van der Waals surface area contributed by atoms with Crippen molar-refractivity contribution in [2.24, 2.45) is 0 Å². The van der Waals surface area contributed by atoms with Gasteiger partial charge in [0.15, 0.2) is 5.82 Å². The highest BCUT2D eigenvalue weighted by Gasteiger charge is 2.21. The fraction of sp³-hybridized carbons (Fsp3) is 0.500. The molecule has 1 aromatic carbocycles. The molecule has 1 fully saturated rings. The molecule has 3 aromatic rings. The molecule has 1 aliphatic heterocycles. The fourth-order valence-electron chi connectivity index (χ4n) is 4.11. The first-order valence-electron chi connectivity index (χ1n) is 10.9. The molecule has 1 aliphatic rings. The standard InChI is InChI=1S/C24H31N5O/c1-16-20(15-21(30)28-13-7-6-8-14-28)17(2)29-23(25-16)26-22(27-29)18-9-11-19(12-10-18)24(3,4)5/h9-12H,6-8,13-15H2,1-5H3. The molecule has 3 heterocycles. The Morgan fingerprint density at radius 1 is 1.00 bits per heavy atom. The minimum atomic E-state index is 0.107. The summed E-state index contributed by atoms with van der Waals surface area (Å²) in [4.78, 5) is 24.1. The van der Waals surface area contributed by atoms with Gasteiger partial charge in [0.05, 0.1) is 6.42 Å². The van der Waals surface area contributed by atoms with E-state index >= 15 is 0 Å². The zero-order chi connectivity index (χ0) is 21.5. The lowest BCUT2D eigenvalue weighted by molar-refractivity contribution is -0.131. The van der Waals surface area contributed by atoms with Gasteiger partial charge >= 0.3 is 0 Å². The summed E-state index contributed by atoms with van der Waals surface area (Å²) in [5.74, 6) is 1.42. The van der Waals surface area contributed by atoms with E-state index in [1.165, 1.54) is 12.0 Å². The summed E-state index contributed by atoms with van der Waals surface area (Å²) in [6.45, 7) is 12.3. The molecule has 6 heteroatoms. The summed E-state index contributed by atoms with van der Waals surface area (Å²) in [5.41, 5.74) is 5.10. The Bertz CT molecular complexity index is 1070. The van der Waals surface area contributed by atoms with Crippen molar-refractivity contribution in [2.75, 3.05) is 13.1 Å². The van der Waals surface area contributed by atoms with Gasteiger partial charge in [-0.3, -0.25) is 4.79 Å². The first kappa shape index (κ1) is 20.5. The lowest BCUT2D eigenvalue weighted by Crippen LogP contribution is -2.37. The van der Waals surface area contributed by atoms with Crippen molar-refractivity contribution < 1.29 is 4.79 Å². The molecule has 30 heavy (non-hydrogen) atoms. The molecule has 0 N–H and O–H groups in total. The number of benzene rings is 1. The molecule has 2 aromatic heterocycles. The number of nitrogens with zero attached hydrogens (tertiary/aromatic N) is 5. The van der Waals surface area contributed by atoms with Gasteiger partial charge in [-0.25, -0.2) is 9.50 Å². The van der Waals surface area contributed by atoms with Gasteiger partial charge in [-0.1, -0.05) is 45.0 Å². The third kappa shape index (κ3) is 3.95. The van der Waals surface area contributed by atoms with Crippen LogP contribution in [0.1, 0.15) is 62.5 Å². The van der Waals surface area contributed by atoms with Crippen molar-refractivity contribution in [3.63, 3.8) is 0 Å². The van der Waals surface area contributed by atoms with Gasteiger partial charge in [0.2, 0.25) is 5.91 Å². The maximum Gasteiger partial charge on any atom is 0.253 e. The number of hydrogen-bond donors (Lipinski definition) is 0. The number of aromatic nitrogens is 4. The third-order valence-corrected chi connectivity index (χ3v) is 6.09. The Labute approximate surface area is 178 Å². The van der Waals surface area contributed by atoms with Gasteiger partial charge in [0.25, 0.3) is 5.78 Å². The number of aryl methyl sites for hydroxylation is 2. The number of amides is 1. The SMILES string of the molecule is Cc1nc2nc(-c3ccc(C(C)(C)C)cc3)nn2c(C)c1CC(=O)N1CCCCC1. The van der Waals surface area contributed by atoms with Crippen LogP contribution in [0.15, 0.2) is 24.3 Å². The monoisotopic (exact) mass is 405 g/mol. The van der Waals surface area contributed by atoms with Crippen LogP contribution in [0.5, 0.6) is 0 Å². The van der Waals surface area contributed by atoms with E-state index in [0.717, 1.165) is 48.4 Å². The van der Waals surface area contributed by atoms with Crippen LogP contribution in [-0.2, 0) is 16.6 Å². The number of hydrogen-bond acceptors (Lipinski definition) is 4. The Morgan fingerprint density at radius 3 is 2.30 bits per heavy atom. The second-order valence-electron chi connectivity index (χ2n) is 9.35. The van der Waals surface area contributed by atoms with Gasteiger partial charge in [-0.2, -0.15) is 4.98 Å². The highest BCUT2D eigenvalue weighted by molar-refractivity contribution is 5.79. The summed E-state index contributed by atoms with van der Waals surface area (Å²) in [7, 11) is 0. The van der Waals surface area contributed by atoms with E-state index in [-0.39, 0.29) is 11.3 Å². The highest BCUT2D eigenvalue weighted by atomic mass is 16.2. The fourth-order valence-corrected chi connectivity index (χ4v) is 4.11. The second kappa shape index (κ2) is 7.82. The van der Waals surface area contributed by atoms with Crippen LogP contribution in [0.2, 0.25) is 0 Å². The van der Waals surface area contributed by atoms with E-state index in [0.29, 0.717) is 18.0 Å². The Hall–Kier alpha value is -2.76. The highest BCUT2D eigenvalue weighted by Crippen LogP contribution is 2.25. The zero-order valence-electron chi connectivity index (χ0n) is 18.7. The van der Waals surface area contributed by atoms with Crippen LogP contribution in [0, 0.1) is 13.8 Å². The van der Waals surface area contributed by atoms with E-state index in [1.807, 2.05) is 18.7 Å². The Kier molecular flexibility index (Phi) is 5.35. The van der Waals surface area contributed by atoms with E-state index in [2.05, 4.69) is 55.0 Å². The van der Waals surface area contributed by atoms with E-state index in [4.69, 9.17) is 5.10 Å². The quantitative estimate of drug-likeness (QED) is 0.653. The zero-order valence-corrected chi connectivity index (χ0v) is 18.7. The first-order chi connectivity index (χ1) is 14.2. The molecular formula is C24H31N5O. The number of fused-ring (bicyclic) bond motifs is 1. The van der Waals surface area contributed by atoms with Crippen LogP contribution in [0.4, 0.5) is 0 Å². The van der Waals surface area contributed by atoms with Crippen molar-refractivity contribution >= 4 is 11.7 Å². The van der Waals surface area contributed by atoms with Crippen molar-refractivity contribution in [1.29, 1.82) is 0 Å². The molecule has 1 saturated heterocycles. The van der Waals surface area contributed by atoms with Crippen LogP contribution in [0.25, 0.3) is 17.2 Å². The van der Waals surface area contributed by atoms with Crippen LogP contribution < -0.4 is 0 Å². The number of carbonyl (C=O) groups excluding carboxylic acids is 1. The maximum absolute atomic E-state index is 12.8. The third-order valence-electron chi connectivity index (χ3n) is 6.09. The molecular weight excluding hydrogens is 374 g/mol. The van der Waals surface area contributed by atoms with Crippen LogP contribution >= 0.6 is 0 Å². The smallest absolute Gasteiger partial charge is 0.253 e. The van der Waals surface area contributed by atoms with Crippen molar-refractivity contribution in [1.82, 2.24) is 24.5 Å². The maximum atomic E-state index is 12.8. The van der Waals surface area contributed by atoms with Crippen LogP contribution in [0.3, 0.4) is 0 Å². The molecule has 0 bridgehead atoms. The number of rotatable bonds is 3. The van der Waals surface area contributed by atoms with E-state index in [9.17, 15) is 4.79 Å². The van der Waals surface area contributed by atoms with Gasteiger partial charge < -0.3 is 4.90 Å².